The molecular formula is C15H12N4O4S. The number of nitrogens with one attached hydrogen (secondary N) is 1. The third kappa shape index (κ3) is 2.73. The van der Waals surface area contributed by atoms with Crippen LogP contribution in [0.4, 0.5) is 5.88 Å². The van der Waals surface area contributed by atoms with Crippen molar-refractivity contribution in [3.05, 3.63) is 52.1 Å². The fourth-order valence-corrected chi connectivity index (χ4v) is 3.40. The maximum Gasteiger partial charge on any atom is 0.267 e. The SMILES string of the molecule is O=C(Cn1nc(-c2ccco2)ccc1=O)Nc1onc2c1CSC2. The highest BCUT2D eigenvalue weighted by molar-refractivity contribution is 7.98. The zero-order valence-corrected chi connectivity index (χ0v) is 13.2. The smallest absolute Gasteiger partial charge is 0.267 e. The number of furan rings is 1. The van der Waals surface area contributed by atoms with Crippen molar-refractivity contribution in [2.75, 3.05) is 5.32 Å². The Hall–Kier alpha value is -2.81. The lowest BCUT2D eigenvalue weighted by atomic mass is 10.3. The summed E-state index contributed by atoms with van der Waals surface area (Å²) >= 11 is 1.71. The Bertz CT molecular complexity index is 945. The van der Waals surface area contributed by atoms with E-state index in [-0.39, 0.29) is 12.1 Å². The van der Waals surface area contributed by atoms with Crippen LogP contribution in [0.2, 0.25) is 0 Å². The van der Waals surface area contributed by atoms with E-state index in [2.05, 4.69) is 15.6 Å². The monoisotopic (exact) mass is 344 g/mol. The number of hydrogen-bond donors (Lipinski definition) is 1. The number of hydrogen-bond acceptors (Lipinski definition) is 7. The summed E-state index contributed by atoms with van der Waals surface area (Å²) in [6, 6.07) is 6.35. The fraction of sp³-hybridized carbons (Fsp3) is 0.200. The van der Waals surface area contributed by atoms with Gasteiger partial charge in [0.1, 0.15) is 12.2 Å². The van der Waals surface area contributed by atoms with E-state index in [9.17, 15) is 9.59 Å². The van der Waals surface area contributed by atoms with Crippen molar-refractivity contribution >= 4 is 23.6 Å². The minimum absolute atomic E-state index is 0.226. The van der Waals surface area contributed by atoms with Gasteiger partial charge in [0.25, 0.3) is 5.56 Å². The highest BCUT2D eigenvalue weighted by Crippen LogP contribution is 2.34. The standard InChI is InChI=1S/C15H12N4O4S/c20-13(16-15-9-7-24-8-11(9)18-23-15)6-19-14(21)4-3-10(17-19)12-2-1-5-22-12/h1-5H,6-8H2,(H,16,20). The van der Waals surface area contributed by atoms with Gasteiger partial charge in [0, 0.05) is 17.6 Å². The third-order valence-corrected chi connectivity index (χ3v) is 4.51. The van der Waals surface area contributed by atoms with Crippen LogP contribution < -0.4 is 10.9 Å². The summed E-state index contributed by atoms with van der Waals surface area (Å²) in [6.45, 7) is -0.226. The first-order valence-electron chi connectivity index (χ1n) is 7.18. The summed E-state index contributed by atoms with van der Waals surface area (Å²) in [5.74, 6) is 1.99. The highest BCUT2D eigenvalue weighted by atomic mass is 32.2. The zero-order valence-electron chi connectivity index (χ0n) is 12.4. The topological polar surface area (TPSA) is 103 Å². The zero-order chi connectivity index (χ0) is 16.5. The molecule has 9 heteroatoms. The molecule has 0 aliphatic carbocycles. The predicted octanol–water partition coefficient (Wildman–Crippen LogP) is 1.88. The molecule has 122 valence electrons. The normalized spacial score (nSPS) is 13.0. The number of fused-ring (bicyclic) bond motifs is 1. The largest absolute Gasteiger partial charge is 0.463 e. The van der Waals surface area contributed by atoms with E-state index < -0.39 is 5.91 Å². The van der Waals surface area contributed by atoms with Crippen molar-refractivity contribution in [1.29, 1.82) is 0 Å². The van der Waals surface area contributed by atoms with Crippen LogP contribution in [0, 0.1) is 0 Å². The molecule has 0 saturated carbocycles. The van der Waals surface area contributed by atoms with Gasteiger partial charge in [0.05, 0.1) is 17.5 Å². The Morgan fingerprint density at radius 1 is 1.33 bits per heavy atom. The average molecular weight is 344 g/mol. The second-order valence-corrected chi connectivity index (χ2v) is 6.16. The summed E-state index contributed by atoms with van der Waals surface area (Å²) in [5, 5.41) is 10.7. The van der Waals surface area contributed by atoms with Gasteiger partial charge in [-0.05, 0) is 18.2 Å². The second-order valence-electron chi connectivity index (χ2n) is 5.17. The first kappa shape index (κ1) is 14.8. The van der Waals surface area contributed by atoms with Crippen molar-refractivity contribution in [2.45, 2.75) is 18.1 Å². The van der Waals surface area contributed by atoms with E-state index in [1.165, 1.54) is 12.3 Å². The van der Waals surface area contributed by atoms with Gasteiger partial charge >= 0.3 is 0 Å². The number of amides is 1. The van der Waals surface area contributed by atoms with Crippen LogP contribution in [0.15, 0.2) is 44.3 Å². The molecule has 4 heterocycles. The summed E-state index contributed by atoms with van der Waals surface area (Å²) in [5.41, 5.74) is 1.85. The van der Waals surface area contributed by atoms with Crippen LogP contribution in [-0.4, -0.2) is 20.8 Å². The van der Waals surface area contributed by atoms with E-state index in [1.807, 2.05) is 0 Å². The van der Waals surface area contributed by atoms with E-state index in [1.54, 1.807) is 30.0 Å². The highest BCUT2D eigenvalue weighted by Gasteiger charge is 2.23. The van der Waals surface area contributed by atoms with Crippen LogP contribution in [-0.2, 0) is 22.8 Å². The minimum Gasteiger partial charge on any atom is -0.463 e. The van der Waals surface area contributed by atoms with Crippen LogP contribution in [0.5, 0.6) is 0 Å². The lowest BCUT2D eigenvalue weighted by Gasteiger charge is -2.06. The van der Waals surface area contributed by atoms with Gasteiger partial charge in [0.2, 0.25) is 11.8 Å². The Morgan fingerprint density at radius 2 is 2.25 bits per heavy atom. The maximum absolute atomic E-state index is 12.2. The molecule has 0 radical (unpaired) electrons. The average Bonchev–Trinajstić information content (AvgIpc) is 3.28. The second kappa shape index (κ2) is 6.00. The van der Waals surface area contributed by atoms with E-state index in [0.29, 0.717) is 17.3 Å². The number of rotatable bonds is 4. The van der Waals surface area contributed by atoms with Crippen LogP contribution in [0.3, 0.4) is 0 Å². The Kier molecular flexibility index (Phi) is 3.69. The molecular weight excluding hydrogens is 332 g/mol. The van der Waals surface area contributed by atoms with Crippen molar-refractivity contribution in [2.24, 2.45) is 0 Å². The number of thioether (sulfide) groups is 1. The number of carbonyl (C=O) groups excluding carboxylic acids is 1. The van der Waals surface area contributed by atoms with Gasteiger partial charge in [0.15, 0.2) is 5.76 Å². The molecule has 0 saturated heterocycles. The summed E-state index contributed by atoms with van der Waals surface area (Å²) < 4.78 is 11.5. The van der Waals surface area contributed by atoms with Crippen molar-refractivity contribution in [3.8, 4) is 11.5 Å². The molecule has 0 bridgehead atoms. The Labute approximate surface area is 139 Å². The van der Waals surface area contributed by atoms with Crippen LogP contribution >= 0.6 is 11.8 Å². The summed E-state index contributed by atoms with van der Waals surface area (Å²) in [6.07, 6.45) is 1.52. The van der Waals surface area contributed by atoms with E-state index >= 15 is 0 Å². The predicted molar refractivity (Wildman–Crippen MR) is 86.3 cm³/mol. The Morgan fingerprint density at radius 3 is 3.08 bits per heavy atom. The van der Waals surface area contributed by atoms with Gasteiger partial charge in [-0.25, -0.2) is 4.68 Å². The summed E-state index contributed by atoms with van der Waals surface area (Å²) in [4.78, 5) is 24.1. The molecule has 0 fully saturated rings. The molecule has 3 aromatic heterocycles. The van der Waals surface area contributed by atoms with Gasteiger partial charge < -0.3 is 8.94 Å². The van der Waals surface area contributed by atoms with Gasteiger partial charge in [-0.15, -0.1) is 0 Å². The van der Waals surface area contributed by atoms with Gasteiger partial charge in [-0.2, -0.15) is 16.9 Å². The molecule has 1 amide bonds. The molecule has 8 nitrogen and oxygen atoms in total. The van der Waals surface area contributed by atoms with Crippen molar-refractivity contribution < 1.29 is 13.7 Å². The molecule has 3 aromatic rings. The van der Waals surface area contributed by atoms with E-state index in [0.717, 1.165) is 27.4 Å². The number of carbonyl (C=O) groups is 1. The van der Waals surface area contributed by atoms with Gasteiger partial charge in [-0.1, -0.05) is 5.16 Å². The number of anilines is 1. The quantitative estimate of drug-likeness (QED) is 0.770. The molecule has 0 unspecified atom stereocenters. The third-order valence-electron chi connectivity index (χ3n) is 3.54. The molecule has 0 atom stereocenters. The molecule has 0 aromatic carbocycles. The lowest BCUT2D eigenvalue weighted by Crippen LogP contribution is -2.29. The Balaban J connectivity index is 1.53. The summed E-state index contributed by atoms with van der Waals surface area (Å²) in [7, 11) is 0. The van der Waals surface area contributed by atoms with Crippen LogP contribution in [0.25, 0.3) is 11.5 Å². The molecule has 4 rings (SSSR count). The van der Waals surface area contributed by atoms with Gasteiger partial charge in [-0.3, -0.25) is 14.9 Å². The maximum atomic E-state index is 12.2. The first-order chi connectivity index (χ1) is 11.7. The van der Waals surface area contributed by atoms with Crippen molar-refractivity contribution in [1.82, 2.24) is 14.9 Å². The van der Waals surface area contributed by atoms with E-state index in [4.69, 9.17) is 8.94 Å². The lowest BCUT2D eigenvalue weighted by molar-refractivity contribution is -0.117. The fourth-order valence-electron chi connectivity index (χ4n) is 2.37. The number of nitrogens with zero attached hydrogens (tertiary/aromatic N) is 3. The molecule has 1 N–H and O–H groups in total. The number of aromatic nitrogens is 3. The molecule has 0 spiro atoms. The van der Waals surface area contributed by atoms with Crippen LogP contribution in [0.1, 0.15) is 11.3 Å². The van der Waals surface area contributed by atoms with Crippen molar-refractivity contribution in [3.63, 3.8) is 0 Å². The minimum atomic E-state index is -0.406. The molecule has 24 heavy (non-hydrogen) atoms. The molecule has 1 aliphatic rings. The molecule has 1 aliphatic heterocycles. The first-order valence-corrected chi connectivity index (χ1v) is 8.33.